The molecule has 6 nitrogen and oxygen atoms in total. The second kappa shape index (κ2) is 8.32. The molecule has 1 N–H and O–H groups in total. The molecule has 0 fully saturated rings. The molecule has 3 aromatic heterocycles. The van der Waals surface area contributed by atoms with Crippen LogP contribution >= 0.6 is 22.7 Å². The van der Waals surface area contributed by atoms with E-state index in [-0.39, 0.29) is 30.2 Å². The van der Waals surface area contributed by atoms with Gasteiger partial charge in [0, 0.05) is 28.8 Å². The summed E-state index contributed by atoms with van der Waals surface area (Å²) < 4.78 is 14.6. The number of hydrogen-bond acceptors (Lipinski definition) is 6. The zero-order valence-electron chi connectivity index (χ0n) is 16.6. The maximum atomic E-state index is 13.1. The number of benzene rings is 1. The third kappa shape index (κ3) is 4.03. The molecule has 0 atom stereocenters. The first-order valence-corrected chi connectivity index (χ1v) is 11.8. The second-order valence-corrected chi connectivity index (χ2v) is 9.42. The van der Waals surface area contributed by atoms with Crippen molar-refractivity contribution in [1.29, 1.82) is 0 Å². The predicted molar refractivity (Wildman–Crippen MR) is 121 cm³/mol. The van der Waals surface area contributed by atoms with E-state index in [2.05, 4.69) is 15.3 Å². The van der Waals surface area contributed by atoms with Gasteiger partial charge in [-0.25, -0.2) is 14.4 Å². The molecule has 5 rings (SSSR count). The molecule has 1 aliphatic rings. The quantitative estimate of drug-likeness (QED) is 0.477. The molecule has 0 unspecified atom stereocenters. The Labute approximate surface area is 185 Å². The Hall–Kier alpha value is -2.91. The highest BCUT2D eigenvalue weighted by Gasteiger charge is 2.20. The number of hydrogen-bond donors (Lipinski definition) is 1. The summed E-state index contributed by atoms with van der Waals surface area (Å²) in [6, 6.07) is 6.05. The number of nitrogens with one attached hydrogen (secondary N) is 1. The molecule has 0 aliphatic heterocycles. The fourth-order valence-electron chi connectivity index (χ4n) is 3.83. The van der Waals surface area contributed by atoms with Gasteiger partial charge in [0.05, 0.1) is 17.4 Å². The monoisotopic (exact) mass is 454 g/mol. The molecule has 0 spiro atoms. The molecule has 4 aromatic rings. The molecule has 3 heterocycles. The first-order chi connectivity index (χ1) is 15.1. The Morgan fingerprint density at radius 2 is 2.00 bits per heavy atom. The number of rotatable bonds is 5. The highest BCUT2D eigenvalue weighted by molar-refractivity contribution is 7.18. The van der Waals surface area contributed by atoms with Crippen LogP contribution in [0.4, 0.5) is 9.52 Å². The van der Waals surface area contributed by atoms with Crippen LogP contribution in [0.25, 0.3) is 21.5 Å². The summed E-state index contributed by atoms with van der Waals surface area (Å²) in [5.74, 6) is -0.530. The molecule has 1 aliphatic carbocycles. The number of carbonyl (C=O) groups excluding carboxylic acids is 1. The van der Waals surface area contributed by atoms with E-state index in [4.69, 9.17) is 0 Å². The van der Waals surface area contributed by atoms with Crippen molar-refractivity contribution in [1.82, 2.24) is 14.5 Å². The lowest BCUT2D eigenvalue weighted by Gasteiger charge is -2.10. The first kappa shape index (κ1) is 20.0. The number of anilines is 1. The van der Waals surface area contributed by atoms with E-state index in [0.29, 0.717) is 10.8 Å². The number of fused-ring (bicyclic) bond motifs is 3. The summed E-state index contributed by atoms with van der Waals surface area (Å²) in [6.07, 6.45) is 5.89. The molecule has 0 bridgehead atoms. The van der Waals surface area contributed by atoms with E-state index in [0.717, 1.165) is 47.0 Å². The van der Waals surface area contributed by atoms with Gasteiger partial charge in [0.1, 0.15) is 10.6 Å². The van der Waals surface area contributed by atoms with Gasteiger partial charge in [-0.2, -0.15) is 0 Å². The average molecular weight is 455 g/mol. The molecular weight excluding hydrogens is 435 g/mol. The van der Waals surface area contributed by atoms with E-state index < -0.39 is 0 Å². The van der Waals surface area contributed by atoms with Crippen molar-refractivity contribution >= 4 is 43.9 Å². The fourth-order valence-corrected chi connectivity index (χ4v) is 5.78. The number of thiophene rings is 1. The van der Waals surface area contributed by atoms with Crippen LogP contribution < -0.4 is 10.9 Å². The van der Waals surface area contributed by atoms with Crippen LogP contribution in [0.15, 0.2) is 40.8 Å². The SMILES string of the molecule is O=C(CCn1cnc2sc3c(c2c1=O)CCCC3)Nc1nc(-c2ccc(F)cc2)cs1. The van der Waals surface area contributed by atoms with Crippen LogP contribution in [0, 0.1) is 5.82 Å². The van der Waals surface area contributed by atoms with Gasteiger partial charge in [0.2, 0.25) is 5.91 Å². The highest BCUT2D eigenvalue weighted by atomic mass is 32.1. The maximum Gasteiger partial charge on any atom is 0.262 e. The van der Waals surface area contributed by atoms with Gasteiger partial charge in [0.25, 0.3) is 5.56 Å². The van der Waals surface area contributed by atoms with Crippen LogP contribution in [-0.2, 0) is 24.2 Å². The van der Waals surface area contributed by atoms with E-state index in [1.165, 1.54) is 39.2 Å². The Balaban J connectivity index is 1.27. The van der Waals surface area contributed by atoms with Crippen LogP contribution in [0.5, 0.6) is 0 Å². The number of carbonyl (C=O) groups is 1. The van der Waals surface area contributed by atoms with Crippen molar-refractivity contribution in [3.05, 3.63) is 62.6 Å². The van der Waals surface area contributed by atoms with Crippen LogP contribution in [0.3, 0.4) is 0 Å². The van der Waals surface area contributed by atoms with Crippen molar-refractivity contribution in [2.24, 2.45) is 0 Å². The smallest absolute Gasteiger partial charge is 0.262 e. The van der Waals surface area contributed by atoms with E-state index >= 15 is 0 Å². The number of aromatic nitrogens is 3. The van der Waals surface area contributed by atoms with Gasteiger partial charge in [-0.3, -0.25) is 14.2 Å². The van der Waals surface area contributed by atoms with Crippen LogP contribution in [-0.4, -0.2) is 20.4 Å². The Bertz CT molecular complexity index is 1320. The molecule has 158 valence electrons. The van der Waals surface area contributed by atoms with Gasteiger partial charge < -0.3 is 5.32 Å². The van der Waals surface area contributed by atoms with E-state index in [1.807, 2.05) is 5.38 Å². The minimum atomic E-state index is -0.307. The van der Waals surface area contributed by atoms with Gasteiger partial charge in [0.15, 0.2) is 5.13 Å². The zero-order chi connectivity index (χ0) is 21.4. The third-order valence-electron chi connectivity index (χ3n) is 5.41. The summed E-state index contributed by atoms with van der Waals surface area (Å²) in [5.41, 5.74) is 2.54. The first-order valence-electron chi connectivity index (χ1n) is 10.1. The molecule has 0 saturated heterocycles. The minimum Gasteiger partial charge on any atom is -0.302 e. The molecule has 9 heteroatoms. The summed E-state index contributed by atoms with van der Waals surface area (Å²) in [4.78, 5) is 36.3. The second-order valence-electron chi connectivity index (χ2n) is 7.48. The fraction of sp³-hybridized carbons (Fsp3) is 0.273. The summed E-state index contributed by atoms with van der Waals surface area (Å²) in [7, 11) is 0. The standard InChI is InChI=1S/C22H19FN4O2S2/c23-14-7-5-13(6-8-14)16-11-30-22(25-16)26-18(28)9-10-27-12-24-20-19(21(27)29)15-3-1-2-4-17(15)31-20/h5-8,11-12H,1-4,9-10H2,(H,25,26,28). The van der Waals surface area contributed by atoms with Gasteiger partial charge in [-0.05, 0) is 55.5 Å². The lowest BCUT2D eigenvalue weighted by Crippen LogP contribution is -2.24. The highest BCUT2D eigenvalue weighted by Crippen LogP contribution is 2.33. The van der Waals surface area contributed by atoms with Crippen molar-refractivity contribution in [2.45, 2.75) is 38.6 Å². The van der Waals surface area contributed by atoms with Crippen molar-refractivity contribution in [3.63, 3.8) is 0 Å². The zero-order valence-corrected chi connectivity index (χ0v) is 18.2. The Morgan fingerprint density at radius 3 is 2.84 bits per heavy atom. The van der Waals surface area contributed by atoms with E-state index in [1.54, 1.807) is 23.5 Å². The van der Waals surface area contributed by atoms with Crippen molar-refractivity contribution < 1.29 is 9.18 Å². The number of halogens is 1. The summed E-state index contributed by atoms with van der Waals surface area (Å²) >= 11 is 2.92. The van der Waals surface area contributed by atoms with Crippen LogP contribution in [0.2, 0.25) is 0 Å². The molecule has 0 radical (unpaired) electrons. The van der Waals surface area contributed by atoms with Crippen LogP contribution in [0.1, 0.15) is 29.7 Å². The van der Waals surface area contributed by atoms with Crippen molar-refractivity contribution in [3.8, 4) is 11.3 Å². The molecule has 31 heavy (non-hydrogen) atoms. The number of amides is 1. The third-order valence-corrected chi connectivity index (χ3v) is 7.37. The topological polar surface area (TPSA) is 76.9 Å². The molecule has 0 saturated carbocycles. The largest absolute Gasteiger partial charge is 0.302 e. The predicted octanol–water partition coefficient (Wildman–Crippen LogP) is 4.63. The summed E-state index contributed by atoms with van der Waals surface area (Å²) in [6.45, 7) is 0.258. The Kier molecular flexibility index (Phi) is 5.37. The lowest BCUT2D eigenvalue weighted by molar-refractivity contribution is -0.116. The van der Waals surface area contributed by atoms with E-state index in [9.17, 15) is 14.0 Å². The lowest BCUT2D eigenvalue weighted by atomic mass is 9.97. The molecule has 1 amide bonds. The van der Waals surface area contributed by atoms with Crippen molar-refractivity contribution in [2.75, 3.05) is 5.32 Å². The molecular formula is C22H19FN4O2S2. The number of thiazole rings is 1. The Morgan fingerprint density at radius 1 is 1.19 bits per heavy atom. The maximum absolute atomic E-state index is 13.1. The van der Waals surface area contributed by atoms with Gasteiger partial charge >= 0.3 is 0 Å². The minimum absolute atomic E-state index is 0.0648. The van der Waals surface area contributed by atoms with Gasteiger partial charge in [-0.1, -0.05) is 0 Å². The normalized spacial score (nSPS) is 13.3. The van der Waals surface area contributed by atoms with Gasteiger partial charge in [-0.15, -0.1) is 22.7 Å². The number of nitrogens with zero attached hydrogens (tertiary/aromatic N) is 3. The number of aryl methyl sites for hydroxylation is 3. The molecule has 1 aromatic carbocycles. The average Bonchev–Trinajstić information content (AvgIpc) is 3.38. The summed E-state index contributed by atoms with van der Waals surface area (Å²) in [5, 5.41) is 5.78.